The van der Waals surface area contributed by atoms with Crippen molar-refractivity contribution in [2.24, 2.45) is 0 Å². The zero-order chi connectivity index (χ0) is 23.1. The average molecular weight is 431 g/mol. The van der Waals surface area contributed by atoms with E-state index in [0.717, 1.165) is 5.56 Å². The quantitative estimate of drug-likeness (QED) is 0.388. The summed E-state index contributed by atoms with van der Waals surface area (Å²) in [7, 11) is 0. The first kappa shape index (κ1) is 22.9. The predicted molar refractivity (Wildman–Crippen MR) is 122 cm³/mol. The van der Waals surface area contributed by atoms with Crippen LogP contribution in [0.5, 0.6) is 0 Å². The zero-order valence-electron chi connectivity index (χ0n) is 18.5. The molecule has 0 unspecified atom stereocenters. The molecule has 0 saturated heterocycles. The molecule has 0 aromatic heterocycles. The number of benzene rings is 3. The minimum atomic E-state index is -0.736. The van der Waals surface area contributed by atoms with Crippen LogP contribution in [0.3, 0.4) is 0 Å². The molecule has 0 fully saturated rings. The van der Waals surface area contributed by atoms with Gasteiger partial charge in [-0.1, -0.05) is 69.3 Å². The largest absolute Gasteiger partial charge is 0.462 e. The fourth-order valence-electron chi connectivity index (χ4n) is 3.15. The van der Waals surface area contributed by atoms with Crippen molar-refractivity contribution in [3.63, 3.8) is 0 Å². The van der Waals surface area contributed by atoms with Gasteiger partial charge in [-0.15, -0.1) is 0 Å². The Bertz CT molecular complexity index is 1090. The highest BCUT2D eigenvalue weighted by atomic mass is 16.6. The summed E-state index contributed by atoms with van der Waals surface area (Å²) in [6, 6.07) is 22.5. The summed E-state index contributed by atoms with van der Waals surface area (Å²) < 4.78 is 10.4. The first-order chi connectivity index (χ1) is 15.3. The Morgan fingerprint density at radius 3 is 1.94 bits per heavy atom. The summed E-state index contributed by atoms with van der Waals surface area (Å²) >= 11 is 0. The second kappa shape index (κ2) is 10.1. The van der Waals surface area contributed by atoms with Crippen molar-refractivity contribution in [3.8, 4) is 0 Å². The van der Waals surface area contributed by atoms with E-state index in [9.17, 15) is 14.4 Å². The SMILES string of the molecule is CC(C)(C)c1ccc(C(=O)OC(=O)c2ccccc2CCOC(=O)c2ccccc2)cc1. The number of esters is 3. The van der Waals surface area contributed by atoms with E-state index in [1.165, 1.54) is 0 Å². The monoisotopic (exact) mass is 430 g/mol. The van der Waals surface area contributed by atoms with Crippen molar-refractivity contribution in [2.75, 3.05) is 6.61 Å². The van der Waals surface area contributed by atoms with Gasteiger partial charge in [-0.3, -0.25) is 0 Å². The molecule has 0 spiro atoms. The highest BCUT2D eigenvalue weighted by Crippen LogP contribution is 2.22. The molecule has 0 heterocycles. The van der Waals surface area contributed by atoms with Crippen LogP contribution in [0.2, 0.25) is 0 Å². The molecule has 0 aliphatic heterocycles. The lowest BCUT2D eigenvalue weighted by Crippen LogP contribution is -2.16. The van der Waals surface area contributed by atoms with Gasteiger partial charge in [-0.2, -0.15) is 0 Å². The third-order valence-electron chi connectivity index (χ3n) is 5.02. The van der Waals surface area contributed by atoms with Gasteiger partial charge in [-0.05, 0) is 46.9 Å². The molecule has 164 valence electrons. The maximum atomic E-state index is 12.6. The van der Waals surface area contributed by atoms with Crippen LogP contribution in [0.25, 0.3) is 0 Å². The Kier molecular flexibility index (Phi) is 7.21. The van der Waals surface area contributed by atoms with Gasteiger partial charge in [0.2, 0.25) is 0 Å². The van der Waals surface area contributed by atoms with Gasteiger partial charge in [0.25, 0.3) is 0 Å². The number of hydrogen-bond donors (Lipinski definition) is 0. The van der Waals surface area contributed by atoms with Gasteiger partial charge < -0.3 is 9.47 Å². The predicted octanol–water partition coefficient (Wildman–Crippen LogP) is 5.38. The van der Waals surface area contributed by atoms with E-state index in [-0.39, 0.29) is 17.6 Å². The Hall–Kier alpha value is -3.73. The fraction of sp³-hybridized carbons (Fsp3) is 0.222. The molecule has 3 rings (SSSR count). The molecule has 0 radical (unpaired) electrons. The van der Waals surface area contributed by atoms with Crippen molar-refractivity contribution in [1.82, 2.24) is 0 Å². The van der Waals surface area contributed by atoms with E-state index in [4.69, 9.17) is 9.47 Å². The lowest BCUT2D eigenvalue weighted by atomic mass is 9.87. The first-order valence-electron chi connectivity index (χ1n) is 10.4. The second-order valence-electron chi connectivity index (χ2n) is 8.41. The summed E-state index contributed by atoms with van der Waals surface area (Å²) in [5.41, 5.74) is 2.71. The lowest BCUT2D eigenvalue weighted by molar-refractivity contribution is 0.0397. The normalized spacial score (nSPS) is 11.0. The molecule has 0 amide bonds. The molecule has 5 heteroatoms. The Labute approximate surface area is 188 Å². The van der Waals surface area contributed by atoms with Crippen LogP contribution in [0.4, 0.5) is 0 Å². The van der Waals surface area contributed by atoms with E-state index in [2.05, 4.69) is 20.8 Å². The van der Waals surface area contributed by atoms with Crippen LogP contribution in [-0.2, 0) is 21.3 Å². The van der Waals surface area contributed by atoms with Gasteiger partial charge in [0.1, 0.15) is 0 Å². The molecular weight excluding hydrogens is 404 g/mol. The molecule has 0 aliphatic rings. The third kappa shape index (κ3) is 5.91. The van der Waals surface area contributed by atoms with E-state index in [1.807, 2.05) is 18.2 Å². The lowest BCUT2D eigenvalue weighted by Gasteiger charge is -2.18. The van der Waals surface area contributed by atoms with Gasteiger partial charge in [0.05, 0.1) is 23.3 Å². The second-order valence-corrected chi connectivity index (χ2v) is 8.41. The number of carbonyl (C=O) groups is 3. The smallest absolute Gasteiger partial charge is 0.346 e. The summed E-state index contributed by atoms with van der Waals surface area (Å²) in [6.45, 7) is 6.34. The Balaban J connectivity index is 1.62. The fourth-order valence-corrected chi connectivity index (χ4v) is 3.15. The van der Waals surface area contributed by atoms with Crippen molar-refractivity contribution >= 4 is 17.9 Å². The van der Waals surface area contributed by atoms with Gasteiger partial charge in [0.15, 0.2) is 0 Å². The summed E-state index contributed by atoms with van der Waals surface area (Å²) in [5, 5.41) is 0. The highest BCUT2D eigenvalue weighted by Gasteiger charge is 2.19. The van der Waals surface area contributed by atoms with E-state index in [1.54, 1.807) is 60.7 Å². The van der Waals surface area contributed by atoms with E-state index >= 15 is 0 Å². The summed E-state index contributed by atoms with van der Waals surface area (Å²) in [4.78, 5) is 37.2. The topological polar surface area (TPSA) is 69.7 Å². The molecule has 0 N–H and O–H groups in total. The van der Waals surface area contributed by atoms with Crippen LogP contribution in [0.15, 0.2) is 78.9 Å². The van der Waals surface area contributed by atoms with Crippen molar-refractivity contribution in [2.45, 2.75) is 32.6 Å². The highest BCUT2D eigenvalue weighted by molar-refractivity contribution is 6.03. The van der Waals surface area contributed by atoms with Crippen molar-refractivity contribution in [3.05, 3.63) is 107 Å². The Morgan fingerprint density at radius 1 is 0.688 bits per heavy atom. The molecule has 3 aromatic carbocycles. The molecule has 0 bridgehead atoms. The number of ether oxygens (including phenoxy) is 2. The maximum Gasteiger partial charge on any atom is 0.346 e. The molecule has 32 heavy (non-hydrogen) atoms. The standard InChI is InChI=1S/C27H26O5/c1-27(2,3)22-15-13-21(14-16-22)25(29)32-26(30)23-12-8-7-9-19(23)17-18-31-24(28)20-10-5-4-6-11-20/h4-16H,17-18H2,1-3H3. The maximum absolute atomic E-state index is 12.6. The van der Waals surface area contributed by atoms with Crippen LogP contribution < -0.4 is 0 Å². The average Bonchev–Trinajstić information content (AvgIpc) is 2.79. The minimum Gasteiger partial charge on any atom is -0.462 e. The molecule has 5 nitrogen and oxygen atoms in total. The van der Waals surface area contributed by atoms with Crippen molar-refractivity contribution in [1.29, 1.82) is 0 Å². The van der Waals surface area contributed by atoms with E-state index in [0.29, 0.717) is 23.1 Å². The molecule has 0 saturated carbocycles. The Morgan fingerprint density at radius 2 is 1.28 bits per heavy atom. The third-order valence-corrected chi connectivity index (χ3v) is 5.02. The molecule has 0 aliphatic carbocycles. The van der Waals surface area contributed by atoms with Crippen molar-refractivity contribution < 1.29 is 23.9 Å². The molecule has 3 aromatic rings. The summed E-state index contributed by atoms with van der Waals surface area (Å²) in [6.07, 6.45) is 0.318. The zero-order valence-corrected chi connectivity index (χ0v) is 18.5. The van der Waals surface area contributed by atoms with Gasteiger partial charge in [-0.25, -0.2) is 14.4 Å². The van der Waals surface area contributed by atoms with Crippen LogP contribution in [0.1, 0.15) is 63.0 Å². The van der Waals surface area contributed by atoms with Crippen LogP contribution in [-0.4, -0.2) is 24.5 Å². The number of hydrogen-bond acceptors (Lipinski definition) is 5. The minimum absolute atomic E-state index is 0.0405. The number of carbonyl (C=O) groups excluding carboxylic acids is 3. The first-order valence-corrected chi connectivity index (χ1v) is 10.4. The summed E-state index contributed by atoms with van der Waals surface area (Å²) in [5.74, 6) is -1.87. The molecular formula is C27H26O5. The van der Waals surface area contributed by atoms with E-state index < -0.39 is 17.9 Å². The number of rotatable bonds is 6. The van der Waals surface area contributed by atoms with Gasteiger partial charge >= 0.3 is 17.9 Å². The molecule has 0 atom stereocenters. The van der Waals surface area contributed by atoms with Crippen LogP contribution >= 0.6 is 0 Å². The van der Waals surface area contributed by atoms with Crippen LogP contribution in [0, 0.1) is 0 Å². The van der Waals surface area contributed by atoms with Gasteiger partial charge in [0, 0.05) is 6.42 Å².